The molecule has 0 fully saturated rings. The van der Waals surface area contributed by atoms with E-state index in [1.165, 1.54) is 7.11 Å². The maximum Gasteiger partial charge on any atom is 0.325 e. The standard InChI is InChI=1S/C17H20N2O2/c1-17(2,16(20)21-3)19-15(13-9-5-4-6-10-13)14-11-7-8-12-18-14/h4-12,15,19H,1-3H3. The molecule has 1 N–H and O–H groups in total. The number of carbonyl (C=O) groups is 1. The fourth-order valence-electron chi connectivity index (χ4n) is 2.20. The maximum absolute atomic E-state index is 11.9. The van der Waals surface area contributed by atoms with Crippen LogP contribution in [-0.2, 0) is 9.53 Å². The molecule has 1 aromatic heterocycles. The number of benzene rings is 1. The second-order valence-electron chi connectivity index (χ2n) is 5.36. The molecule has 1 aromatic carbocycles. The van der Waals surface area contributed by atoms with Crippen molar-refractivity contribution in [1.29, 1.82) is 0 Å². The number of hydrogen-bond donors (Lipinski definition) is 1. The van der Waals surface area contributed by atoms with Gasteiger partial charge >= 0.3 is 5.97 Å². The van der Waals surface area contributed by atoms with Gasteiger partial charge < -0.3 is 4.74 Å². The van der Waals surface area contributed by atoms with Crippen LogP contribution in [0.15, 0.2) is 54.7 Å². The highest BCUT2D eigenvalue weighted by Gasteiger charge is 2.32. The van der Waals surface area contributed by atoms with Gasteiger partial charge in [0.1, 0.15) is 5.54 Å². The lowest BCUT2D eigenvalue weighted by Crippen LogP contribution is -2.49. The van der Waals surface area contributed by atoms with Gasteiger partial charge in [0.15, 0.2) is 0 Å². The molecule has 1 unspecified atom stereocenters. The smallest absolute Gasteiger partial charge is 0.325 e. The van der Waals surface area contributed by atoms with E-state index < -0.39 is 5.54 Å². The van der Waals surface area contributed by atoms with Gasteiger partial charge in [-0.2, -0.15) is 0 Å². The zero-order valence-corrected chi connectivity index (χ0v) is 12.5. The van der Waals surface area contributed by atoms with E-state index in [-0.39, 0.29) is 12.0 Å². The van der Waals surface area contributed by atoms with Crippen LogP contribution in [0.1, 0.15) is 31.1 Å². The van der Waals surface area contributed by atoms with E-state index in [9.17, 15) is 4.79 Å². The van der Waals surface area contributed by atoms with E-state index in [0.29, 0.717) is 0 Å². The number of hydrogen-bond acceptors (Lipinski definition) is 4. The van der Waals surface area contributed by atoms with E-state index in [2.05, 4.69) is 10.3 Å². The molecule has 0 bridgehead atoms. The average Bonchev–Trinajstić information content (AvgIpc) is 2.53. The monoisotopic (exact) mass is 284 g/mol. The van der Waals surface area contributed by atoms with Crippen LogP contribution in [0.25, 0.3) is 0 Å². The lowest BCUT2D eigenvalue weighted by molar-refractivity contribution is -0.147. The molecule has 0 amide bonds. The second-order valence-corrected chi connectivity index (χ2v) is 5.36. The Kier molecular flexibility index (Phi) is 4.70. The van der Waals surface area contributed by atoms with Crippen molar-refractivity contribution in [2.45, 2.75) is 25.4 Å². The molecule has 2 aromatic rings. The molecular weight excluding hydrogens is 264 g/mol. The van der Waals surface area contributed by atoms with Crippen molar-refractivity contribution in [3.63, 3.8) is 0 Å². The Morgan fingerprint density at radius 2 is 1.81 bits per heavy atom. The number of pyridine rings is 1. The molecular formula is C17H20N2O2. The maximum atomic E-state index is 11.9. The summed E-state index contributed by atoms with van der Waals surface area (Å²) >= 11 is 0. The lowest BCUT2D eigenvalue weighted by atomic mass is 9.97. The quantitative estimate of drug-likeness (QED) is 0.858. The molecule has 0 saturated heterocycles. The van der Waals surface area contributed by atoms with Crippen LogP contribution in [0.3, 0.4) is 0 Å². The zero-order valence-electron chi connectivity index (χ0n) is 12.5. The molecule has 0 aliphatic heterocycles. The van der Waals surface area contributed by atoms with E-state index in [0.717, 1.165) is 11.3 Å². The highest BCUT2D eigenvalue weighted by Crippen LogP contribution is 2.23. The highest BCUT2D eigenvalue weighted by molar-refractivity contribution is 5.79. The van der Waals surface area contributed by atoms with Crippen molar-refractivity contribution < 1.29 is 9.53 Å². The predicted octanol–water partition coefficient (Wildman–Crippen LogP) is 2.71. The van der Waals surface area contributed by atoms with E-state index in [4.69, 9.17) is 4.74 Å². The third kappa shape index (κ3) is 3.67. The first-order valence-electron chi connectivity index (χ1n) is 6.86. The fraction of sp³-hybridized carbons (Fsp3) is 0.294. The van der Waals surface area contributed by atoms with Gasteiger partial charge in [-0.3, -0.25) is 15.1 Å². The number of nitrogens with zero attached hydrogens (tertiary/aromatic N) is 1. The first-order chi connectivity index (χ1) is 10.0. The largest absolute Gasteiger partial charge is 0.468 e. The van der Waals surface area contributed by atoms with Crippen LogP contribution >= 0.6 is 0 Å². The summed E-state index contributed by atoms with van der Waals surface area (Å²) in [6.45, 7) is 3.61. The molecule has 110 valence electrons. The summed E-state index contributed by atoms with van der Waals surface area (Å²) in [6, 6.07) is 15.5. The molecule has 4 heteroatoms. The summed E-state index contributed by atoms with van der Waals surface area (Å²) in [5.41, 5.74) is 1.10. The molecule has 1 heterocycles. The van der Waals surface area contributed by atoms with Gasteiger partial charge in [0.25, 0.3) is 0 Å². The van der Waals surface area contributed by atoms with Gasteiger partial charge in [0.05, 0.1) is 18.8 Å². The number of carbonyl (C=O) groups excluding carboxylic acids is 1. The van der Waals surface area contributed by atoms with Crippen LogP contribution in [0, 0.1) is 0 Å². The van der Waals surface area contributed by atoms with Gasteiger partial charge in [-0.1, -0.05) is 36.4 Å². The number of rotatable bonds is 5. The Balaban J connectivity index is 2.36. The Morgan fingerprint density at radius 1 is 1.14 bits per heavy atom. The molecule has 1 atom stereocenters. The number of nitrogens with one attached hydrogen (secondary N) is 1. The van der Waals surface area contributed by atoms with E-state index >= 15 is 0 Å². The minimum absolute atomic E-state index is 0.179. The molecule has 4 nitrogen and oxygen atoms in total. The summed E-state index contributed by atoms with van der Waals surface area (Å²) < 4.78 is 4.87. The summed E-state index contributed by atoms with van der Waals surface area (Å²) in [7, 11) is 1.39. The minimum atomic E-state index is -0.813. The van der Waals surface area contributed by atoms with Gasteiger partial charge in [0.2, 0.25) is 0 Å². The van der Waals surface area contributed by atoms with Crippen molar-refractivity contribution in [1.82, 2.24) is 10.3 Å². The second kappa shape index (κ2) is 6.50. The Bertz CT molecular complexity index is 543. The summed E-state index contributed by atoms with van der Waals surface area (Å²) in [5.74, 6) is -0.306. The van der Waals surface area contributed by atoms with Gasteiger partial charge in [-0.15, -0.1) is 0 Å². The van der Waals surface area contributed by atoms with E-state index in [1.54, 1.807) is 20.0 Å². The molecule has 2 rings (SSSR count). The first kappa shape index (κ1) is 15.2. The Morgan fingerprint density at radius 3 is 2.38 bits per heavy atom. The number of methoxy groups -OCH3 is 1. The number of ether oxygens (including phenoxy) is 1. The molecule has 21 heavy (non-hydrogen) atoms. The first-order valence-corrected chi connectivity index (χ1v) is 6.86. The van der Waals surface area contributed by atoms with Crippen molar-refractivity contribution in [2.24, 2.45) is 0 Å². The lowest BCUT2D eigenvalue weighted by Gasteiger charge is -2.29. The van der Waals surface area contributed by atoms with Crippen molar-refractivity contribution in [3.05, 3.63) is 66.0 Å². The van der Waals surface area contributed by atoms with Gasteiger partial charge in [-0.05, 0) is 31.5 Å². The summed E-state index contributed by atoms with van der Waals surface area (Å²) in [5, 5.41) is 3.34. The van der Waals surface area contributed by atoms with Crippen molar-refractivity contribution >= 4 is 5.97 Å². The van der Waals surface area contributed by atoms with Crippen LogP contribution < -0.4 is 5.32 Å². The van der Waals surface area contributed by atoms with Crippen LogP contribution in [0.2, 0.25) is 0 Å². The molecule has 0 saturated carbocycles. The molecule has 0 aliphatic rings. The van der Waals surface area contributed by atoms with Crippen LogP contribution in [-0.4, -0.2) is 23.6 Å². The Hall–Kier alpha value is -2.20. The average molecular weight is 284 g/mol. The van der Waals surface area contributed by atoms with Crippen LogP contribution in [0.5, 0.6) is 0 Å². The fourth-order valence-corrected chi connectivity index (χ4v) is 2.20. The van der Waals surface area contributed by atoms with E-state index in [1.807, 2.05) is 48.5 Å². The molecule has 0 radical (unpaired) electrons. The SMILES string of the molecule is COC(=O)C(C)(C)NC(c1ccccc1)c1ccccn1. The van der Waals surface area contributed by atoms with Gasteiger partial charge in [0, 0.05) is 6.20 Å². The van der Waals surface area contributed by atoms with Gasteiger partial charge in [-0.25, -0.2) is 0 Å². The predicted molar refractivity (Wildman–Crippen MR) is 81.8 cm³/mol. The topological polar surface area (TPSA) is 51.2 Å². The summed E-state index contributed by atoms with van der Waals surface area (Å²) in [6.07, 6.45) is 1.75. The van der Waals surface area contributed by atoms with Crippen molar-refractivity contribution in [2.75, 3.05) is 7.11 Å². The number of esters is 1. The molecule has 0 spiro atoms. The Labute approximate surface area is 125 Å². The number of aromatic nitrogens is 1. The normalized spacial score (nSPS) is 12.7. The zero-order chi connectivity index (χ0) is 15.3. The van der Waals surface area contributed by atoms with Crippen LogP contribution in [0.4, 0.5) is 0 Å². The molecule has 0 aliphatic carbocycles. The summed E-state index contributed by atoms with van der Waals surface area (Å²) in [4.78, 5) is 16.3. The third-order valence-electron chi connectivity index (χ3n) is 3.32. The third-order valence-corrected chi connectivity index (χ3v) is 3.32. The highest BCUT2D eigenvalue weighted by atomic mass is 16.5. The van der Waals surface area contributed by atoms with Crippen molar-refractivity contribution in [3.8, 4) is 0 Å². The minimum Gasteiger partial charge on any atom is -0.468 e.